The van der Waals surface area contributed by atoms with Crippen LogP contribution in [0.4, 0.5) is 24.7 Å². The first-order valence-electron chi connectivity index (χ1n) is 8.22. The Kier molecular flexibility index (Phi) is 6.00. The van der Waals surface area contributed by atoms with Crippen molar-refractivity contribution in [3.8, 4) is 5.75 Å². The number of ether oxygens (including phenoxy) is 1. The molecule has 0 spiro atoms. The summed E-state index contributed by atoms with van der Waals surface area (Å²) < 4.78 is 44.6. The van der Waals surface area contributed by atoms with Crippen LogP contribution in [0.2, 0.25) is 10.0 Å². The number of benzene rings is 2. The largest absolute Gasteiger partial charge is 0.433 e. The highest BCUT2D eigenvalue weighted by molar-refractivity contribution is 6.31. The van der Waals surface area contributed by atoms with Gasteiger partial charge in [0, 0.05) is 15.7 Å². The molecule has 0 fully saturated rings. The van der Waals surface area contributed by atoms with Crippen LogP contribution in [0.3, 0.4) is 0 Å². The Balaban J connectivity index is 1.98. The van der Waals surface area contributed by atoms with Crippen LogP contribution in [0.15, 0.2) is 54.6 Å². The van der Waals surface area contributed by atoms with Crippen LogP contribution in [0, 0.1) is 6.92 Å². The molecule has 150 valence electrons. The summed E-state index contributed by atoms with van der Waals surface area (Å²) in [6.45, 7) is 1.72. The number of hydrogen-bond donors (Lipinski definition) is 1. The van der Waals surface area contributed by atoms with E-state index in [0.29, 0.717) is 21.3 Å². The van der Waals surface area contributed by atoms with E-state index in [0.717, 1.165) is 12.1 Å². The van der Waals surface area contributed by atoms with Crippen molar-refractivity contribution >= 4 is 40.7 Å². The van der Waals surface area contributed by atoms with E-state index >= 15 is 0 Å². The number of nitrogens with one attached hydrogen (secondary N) is 1. The van der Waals surface area contributed by atoms with Crippen molar-refractivity contribution in [3.05, 3.63) is 81.5 Å². The van der Waals surface area contributed by atoms with E-state index in [2.05, 4.69) is 10.3 Å². The average molecular weight is 441 g/mol. The van der Waals surface area contributed by atoms with Crippen molar-refractivity contribution in [2.75, 3.05) is 5.32 Å². The molecule has 4 nitrogen and oxygen atoms in total. The molecule has 29 heavy (non-hydrogen) atoms. The summed E-state index contributed by atoms with van der Waals surface area (Å²) in [4.78, 5) is 16.2. The van der Waals surface area contributed by atoms with Gasteiger partial charge in [-0.1, -0.05) is 23.2 Å². The molecule has 0 unspecified atom stereocenters. The highest BCUT2D eigenvalue weighted by Crippen LogP contribution is 2.32. The van der Waals surface area contributed by atoms with Gasteiger partial charge in [0.25, 0.3) is 0 Å². The summed E-state index contributed by atoms with van der Waals surface area (Å²) in [6, 6.07) is 12.5. The van der Waals surface area contributed by atoms with E-state index in [1.165, 1.54) is 24.3 Å². The first-order chi connectivity index (χ1) is 13.6. The first-order valence-corrected chi connectivity index (χ1v) is 8.98. The molecular weight excluding hydrogens is 428 g/mol. The minimum atomic E-state index is -4.68. The van der Waals surface area contributed by atoms with E-state index in [4.69, 9.17) is 27.9 Å². The van der Waals surface area contributed by atoms with Gasteiger partial charge in [-0.3, -0.25) is 0 Å². The van der Waals surface area contributed by atoms with Gasteiger partial charge in [-0.05, 0) is 67.1 Å². The monoisotopic (exact) mass is 440 g/mol. The van der Waals surface area contributed by atoms with E-state index in [1.54, 1.807) is 25.1 Å². The van der Waals surface area contributed by atoms with E-state index in [1.807, 2.05) is 0 Å². The summed E-state index contributed by atoms with van der Waals surface area (Å²) in [5.74, 6) is -0.972. The molecule has 3 aromatic rings. The van der Waals surface area contributed by atoms with Gasteiger partial charge in [-0.25, -0.2) is 9.78 Å². The third kappa shape index (κ3) is 5.19. The van der Waals surface area contributed by atoms with E-state index < -0.39 is 17.8 Å². The van der Waals surface area contributed by atoms with Crippen LogP contribution in [-0.2, 0) is 6.18 Å². The number of aryl methyl sites for hydroxylation is 1. The van der Waals surface area contributed by atoms with Gasteiger partial charge < -0.3 is 10.1 Å². The average Bonchev–Trinajstić information content (AvgIpc) is 2.65. The van der Waals surface area contributed by atoms with Crippen molar-refractivity contribution in [2.24, 2.45) is 0 Å². The maximum Gasteiger partial charge on any atom is 0.433 e. The molecule has 1 N–H and O–H groups in total. The Morgan fingerprint density at radius 1 is 1.00 bits per heavy atom. The molecule has 0 saturated carbocycles. The topological polar surface area (TPSA) is 51.2 Å². The van der Waals surface area contributed by atoms with Gasteiger partial charge in [0.15, 0.2) is 0 Å². The number of hydrogen-bond acceptors (Lipinski definition) is 4. The summed E-state index contributed by atoms with van der Waals surface area (Å²) in [5, 5.41) is 3.68. The van der Waals surface area contributed by atoms with Crippen LogP contribution in [0.5, 0.6) is 5.75 Å². The number of aromatic nitrogens is 1. The first kappa shape index (κ1) is 21.0. The fraction of sp³-hybridized carbons (Fsp3) is 0.100. The highest BCUT2D eigenvalue weighted by Gasteiger charge is 2.34. The minimum absolute atomic E-state index is 0.165. The zero-order valence-electron chi connectivity index (χ0n) is 14.8. The normalized spacial score (nSPS) is 11.2. The van der Waals surface area contributed by atoms with Gasteiger partial charge in [-0.15, -0.1) is 0 Å². The molecule has 1 heterocycles. The lowest BCUT2D eigenvalue weighted by Gasteiger charge is -2.15. The fourth-order valence-corrected chi connectivity index (χ4v) is 2.79. The lowest BCUT2D eigenvalue weighted by atomic mass is 10.1. The second-order valence-electron chi connectivity index (χ2n) is 6.02. The Hall–Kier alpha value is -2.77. The Morgan fingerprint density at radius 3 is 2.28 bits per heavy atom. The Morgan fingerprint density at radius 2 is 1.66 bits per heavy atom. The smallest absolute Gasteiger partial charge is 0.423 e. The number of anilines is 2. The Labute approximate surface area is 174 Å². The number of carbonyl (C=O) groups excluding carboxylic acids is 1. The fourth-order valence-electron chi connectivity index (χ4n) is 2.44. The summed E-state index contributed by atoms with van der Waals surface area (Å²) in [7, 11) is 0. The van der Waals surface area contributed by atoms with Crippen molar-refractivity contribution in [2.45, 2.75) is 13.1 Å². The van der Waals surface area contributed by atoms with Crippen molar-refractivity contribution < 1.29 is 22.7 Å². The molecule has 0 aliphatic heterocycles. The maximum absolute atomic E-state index is 13.1. The number of rotatable bonds is 4. The zero-order valence-corrected chi connectivity index (χ0v) is 16.4. The minimum Gasteiger partial charge on any atom is -0.423 e. The molecule has 0 bridgehead atoms. The summed E-state index contributed by atoms with van der Waals surface area (Å²) in [5.41, 5.74) is -0.201. The molecule has 0 radical (unpaired) electrons. The van der Waals surface area contributed by atoms with Gasteiger partial charge in [0.1, 0.15) is 22.8 Å². The molecule has 3 rings (SSSR count). The van der Waals surface area contributed by atoms with Crippen LogP contribution in [-0.4, -0.2) is 11.0 Å². The van der Waals surface area contributed by atoms with Crippen LogP contribution in [0.25, 0.3) is 0 Å². The molecule has 0 amide bonds. The maximum atomic E-state index is 13.1. The van der Waals surface area contributed by atoms with Crippen molar-refractivity contribution in [1.29, 1.82) is 0 Å². The molecule has 0 atom stereocenters. The van der Waals surface area contributed by atoms with Gasteiger partial charge in [-0.2, -0.15) is 13.2 Å². The Bertz CT molecular complexity index is 1050. The molecule has 0 aliphatic rings. The van der Waals surface area contributed by atoms with E-state index in [9.17, 15) is 18.0 Å². The van der Waals surface area contributed by atoms with Gasteiger partial charge in [0.05, 0.1) is 0 Å². The predicted octanol–water partition coefficient (Wildman–Crippen LogP) is 6.68. The van der Waals surface area contributed by atoms with Gasteiger partial charge >= 0.3 is 12.1 Å². The van der Waals surface area contributed by atoms with Crippen molar-refractivity contribution in [1.82, 2.24) is 4.98 Å². The molecule has 9 heteroatoms. The van der Waals surface area contributed by atoms with Gasteiger partial charge in [0.2, 0.25) is 0 Å². The molecular formula is C20H13Cl2F3N2O2. The molecule has 0 aliphatic carbocycles. The van der Waals surface area contributed by atoms with Crippen LogP contribution < -0.4 is 10.1 Å². The number of alkyl halides is 3. The molecule has 2 aromatic carbocycles. The van der Waals surface area contributed by atoms with Crippen LogP contribution >= 0.6 is 23.2 Å². The standard InChI is InChI=1S/C20H13Cl2F3N2O2/c1-11-10-13(22)4-8-16(11)26-18-15(7-9-17(27-18)20(23,24)25)19(28)29-14-5-2-12(21)3-6-14/h2-10H,1H3,(H,26,27). The second kappa shape index (κ2) is 8.31. The number of nitrogens with zero attached hydrogens (tertiary/aromatic N) is 1. The number of halogens is 5. The lowest BCUT2D eigenvalue weighted by molar-refractivity contribution is -0.141. The van der Waals surface area contributed by atoms with Crippen LogP contribution in [0.1, 0.15) is 21.6 Å². The third-order valence-corrected chi connectivity index (χ3v) is 4.36. The van der Waals surface area contributed by atoms with E-state index in [-0.39, 0.29) is 17.1 Å². The summed E-state index contributed by atoms with van der Waals surface area (Å²) >= 11 is 11.7. The number of esters is 1. The third-order valence-electron chi connectivity index (χ3n) is 3.87. The number of carbonyl (C=O) groups is 1. The SMILES string of the molecule is Cc1cc(Cl)ccc1Nc1nc(C(F)(F)F)ccc1C(=O)Oc1ccc(Cl)cc1. The second-order valence-corrected chi connectivity index (χ2v) is 6.89. The lowest BCUT2D eigenvalue weighted by Crippen LogP contribution is -2.16. The molecule has 0 saturated heterocycles. The quantitative estimate of drug-likeness (QED) is 0.363. The highest BCUT2D eigenvalue weighted by atomic mass is 35.5. The van der Waals surface area contributed by atoms with Crippen molar-refractivity contribution in [3.63, 3.8) is 0 Å². The molecule has 1 aromatic heterocycles. The predicted molar refractivity (Wildman–Crippen MR) is 105 cm³/mol. The summed E-state index contributed by atoms with van der Waals surface area (Å²) in [6.07, 6.45) is -4.68. The zero-order chi connectivity index (χ0) is 21.2. The number of pyridine rings is 1.